The fraction of sp³-hybridized carbons (Fsp3) is 0.846. The molecule has 5 heteroatoms. The molecule has 2 fully saturated rings. The maximum atomic E-state index is 12.4. The van der Waals surface area contributed by atoms with Gasteiger partial charge in [-0.1, -0.05) is 0 Å². The number of likely N-dealkylation sites (tertiary alicyclic amines) is 2. The van der Waals surface area contributed by atoms with E-state index >= 15 is 0 Å². The van der Waals surface area contributed by atoms with Gasteiger partial charge in [0.1, 0.15) is 6.04 Å². The first-order valence-corrected chi connectivity index (χ1v) is 6.96. The Bertz CT molecular complexity index is 313. The van der Waals surface area contributed by atoms with Crippen LogP contribution in [0.15, 0.2) is 0 Å². The van der Waals surface area contributed by atoms with E-state index in [0.29, 0.717) is 13.2 Å². The number of ether oxygens (including phenoxy) is 1. The van der Waals surface area contributed by atoms with Crippen molar-refractivity contribution in [3.05, 3.63) is 0 Å². The lowest BCUT2D eigenvalue weighted by molar-refractivity contribution is -0.149. The third-order valence-electron chi connectivity index (χ3n) is 3.68. The van der Waals surface area contributed by atoms with Gasteiger partial charge in [-0.2, -0.15) is 0 Å². The quantitative estimate of drug-likeness (QED) is 0.704. The number of piperidine rings is 1. The summed E-state index contributed by atoms with van der Waals surface area (Å²) in [5.41, 5.74) is 0. The first kappa shape index (κ1) is 13.2. The maximum absolute atomic E-state index is 12.4. The Hall–Kier alpha value is -1.26. The molecule has 5 nitrogen and oxygen atoms in total. The summed E-state index contributed by atoms with van der Waals surface area (Å²) in [6, 6.07) is -0.350. The SMILES string of the molecule is CCOC(=O)C1CCCCN1C(=O)N1CCCC1. The predicted octanol–water partition coefficient (Wildman–Crippen LogP) is 1.62. The second-order valence-electron chi connectivity index (χ2n) is 4.93. The van der Waals surface area contributed by atoms with Gasteiger partial charge in [0.2, 0.25) is 0 Å². The first-order chi connectivity index (χ1) is 8.74. The molecule has 0 aliphatic carbocycles. The van der Waals surface area contributed by atoms with Crippen molar-refractivity contribution in [3.8, 4) is 0 Å². The molecule has 0 bridgehead atoms. The molecule has 2 rings (SSSR count). The van der Waals surface area contributed by atoms with Crippen LogP contribution < -0.4 is 0 Å². The van der Waals surface area contributed by atoms with Gasteiger partial charge in [-0.3, -0.25) is 0 Å². The minimum Gasteiger partial charge on any atom is -0.464 e. The first-order valence-electron chi connectivity index (χ1n) is 6.96. The number of rotatable bonds is 2. The number of nitrogens with zero attached hydrogens (tertiary/aromatic N) is 2. The highest BCUT2D eigenvalue weighted by Gasteiger charge is 2.35. The summed E-state index contributed by atoms with van der Waals surface area (Å²) < 4.78 is 5.07. The lowest BCUT2D eigenvalue weighted by Crippen LogP contribution is -2.53. The highest BCUT2D eigenvalue weighted by Crippen LogP contribution is 2.21. The van der Waals surface area contributed by atoms with Crippen LogP contribution in [0.3, 0.4) is 0 Å². The standard InChI is InChI=1S/C13H22N2O3/c1-2-18-12(16)11-7-3-4-10-15(11)13(17)14-8-5-6-9-14/h11H,2-10H2,1H3. The summed E-state index contributed by atoms with van der Waals surface area (Å²) in [6.07, 6.45) is 4.86. The highest BCUT2D eigenvalue weighted by molar-refractivity contribution is 5.84. The molecule has 0 aromatic rings. The fourth-order valence-corrected chi connectivity index (χ4v) is 2.73. The van der Waals surface area contributed by atoms with Crippen LogP contribution in [0.25, 0.3) is 0 Å². The van der Waals surface area contributed by atoms with Gasteiger partial charge in [-0.15, -0.1) is 0 Å². The number of amides is 2. The fourth-order valence-electron chi connectivity index (χ4n) is 2.73. The minimum atomic E-state index is -0.369. The van der Waals surface area contributed by atoms with Crippen molar-refractivity contribution >= 4 is 12.0 Å². The third kappa shape index (κ3) is 2.76. The van der Waals surface area contributed by atoms with Crippen LogP contribution in [0.4, 0.5) is 4.79 Å². The van der Waals surface area contributed by atoms with Crippen LogP contribution in [-0.4, -0.2) is 54.1 Å². The molecule has 0 aromatic carbocycles. The van der Waals surface area contributed by atoms with E-state index in [1.165, 1.54) is 0 Å². The van der Waals surface area contributed by atoms with Crippen molar-refractivity contribution in [1.29, 1.82) is 0 Å². The lowest BCUT2D eigenvalue weighted by atomic mass is 10.0. The molecular formula is C13H22N2O3. The van der Waals surface area contributed by atoms with Crippen LogP contribution in [-0.2, 0) is 9.53 Å². The molecule has 1 atom stereocenters. The molecule has 2 saturated heterocycles. The molecule has 0 aromatic heterocycles. The van der Waals surface area contributed by atoms with Crippen molar-refractivity contribution in [2.75, 3.05) is 26.2 Å². The van der Waals surface area contributed by atoms with Crippen molar-refractivity contribution in [1.82, 2.24) is 9.80 Å². The average molecular weight is 254 g/mol. The number of urea groups is 1. The molecule has 102 valence electrons. The van der Waals surface area contributed by atoms with Crippen LogP contribution in [0, 0.1) is 0 Å². The second kappa shape index (κ2) is 6.07. The Kier molecular flexibility index (Phi) is 4.44. The van der Waals surface area contributed by atoms with Crippen LogP contribution >= 0.6 is 0 Å². The van der Waals surface area contributed by atoms with E-state index in [9.17, 15) is 9.59 Å². The molecule has 18 heavy (non-hydrogen) atoms. The molecule has 2 aliphatic heterocycles. The molecule has 0 radical (unpaired) electrons. The van der Waals surface area contributed by atoms with Gasteiger partial charge in [-0.25, -0.2) is 9.59 Å². The van der Waals surface area contributed by atoms with E-state index in [4.69, 9.17) is 4.74 Å². The number of carbonyl (C=O) groups is 2. The molecule has 0 N–H and O–H groups in total. The highest BCUT2D eigenvalue weighted by atomic mass is 16.5. The van der Waals surface area contributed by atoms with Crippen molar-refractivity contribution in [3.63, 3.8) is 0 Å². The van der Waals surface area contributed by atoms with Gasteiger partial charge < -0.3 is 14.5 Å². The van der Waals surface area contributed by atoms with Gasteiger partial charge in [0.25, 0.3) is 0 Å². The Balaban J connectivity index is 2.02. The average Bonchev–Trinajstić information content (AvgIpc) is 2.92. The van der Waals surface area contributed by atoms with E-state index in [2.05, 4.69) is 0 Å². The Morgan fingerprint density at radius 3 is 2.44 bits per heavy atom. The maximum Gasteiger partial charge on any atom is 0.328 e. The number of esters is 1. The zero-order valence-corrected chi connectivity index (χ0v) is 11.1. The van der Waals surface area contributed by atoms with Crippen LogP contribution in [0.5, 0.6) is 0 Å². The number of hydrogen-bond donors (Lipinski definition) is 0. The molecule has 0 spiro atoms. The van der Waals surface area contributed by atoms with Gasteiger partial charge in [-0.05, 0) is 39.0 Å². The topological polar surface area (TPSA) is 49.9 Å². The van der Waals surface area contributed by atoms with Crippen molar-refractivity contribution < 1.29 is 14.3 Å². The minimum absolute atomic E-state index is 0.0188. The van der Waals surface area contributed by atoms with Crippen molar-refractivity contribution in [2.45, 2.75) is 45.1 Å². The van der Waals surface area contributed by atoms with Gasteiger partial charge in [0.05, 0.1) is 6.61 Å². The monoisotopic (exact) mass is 254 g/mol. The molecular weight excluding hydrogens is 232 g/mol. The second-order valence-corrected chi connectivity index (χ2v) is 4.93. The Morgan fingerprint density at radius 1 is 1.11 bits per heavy atom. The van der Waals surface area contributed by atoms with E-state index in [1.54, 1.807) is 11.8 Å². The molecule has 1 unspecified atom stereocenters. The molecule has 0 saturated carbocycles. The summed E-state index contributed by atoms with van der Waals surface area (Å²) in [4.78, 5) is 27.8. The van der Waals surface area contributed by atoms with E-state index in [-0.39, 0.29) is 18.0 Å². The summed E-state index contributed by atoms with van der Waals surface area (Å²) in [7, 11) is 0. The largest absolute Gasteiger partial charge is 0.464 e. The summed E-state index contributed by atoms with van der Waals surface area (Å²) in [6.45, 7) is 4.50. The molecule has 2 amide bonds. The number of hydrogen-bond acceptors (Lipinski definition) is 3. The van der Waals surface area contributed by atoms with Gasteiger partial charge in [0, 0.05) is 19.6 Å². The van der Waals surface area contributed by atoms with Crippen molar-refractivity contribution in [2.24, 2.45) is 0 Å². The Labute approximate surface area is 108 Å². The summed E-state index contributed by atoms with van der Waals surface area (Å²) in [5, 5.41) is 0. The third-order valence-corrected chi connectivity index (χ3v) is 3.68. The zero-order chi connectivity index (χ0) is 13.0. The Morgan fingerprint density at radius 2 is 1.78 bits per heavy atom. The van der Waals surface area contributed by atoms with Crippen LogP contribution in [0.2, 0.25) is 0 Å². The van der Waals surface area contributed by atoms with E-state index in [0.717, 1.165) is 45.2 Å². The predicted molar refractivity (Wildman–Crippen MR) is 67.2 cm³/mol. The van der Waals surface area contributed by atoms with E-state index in [1.807, 2.05) is 4.90 Å². The molecule has 2 heterocycles. The van der Waals surface area contributed by atoms with Crippen LogP contribution in [0.1, 0.15) is 39.0 Å². The smallest absolute Gasteiger partial charge is 0.328 e. The normalized spacial score (nSPS) is 24.2. The number of carbonyl (C=O) groups excluding carboxylic acids is 2. The van der Waals surface area contributed by atoms with E-state index < -0.39 is 0 Å². The van der Waals surface area contributed by atoms with Gasteiger partial charge in [0.15, 0.2) is 0 Å². The lowest BCUT2D eigenvalue weighted by Gasteiger charge is -2.36. The summed E-state index contributed by atoms with van der Waals surface area (Å²) >= 11 is 0. The summed E-state index contributed by atoms with van der Waals surface area (Å²) in [5.74, 6) is -0.246. The zero-order valence-electron chi connectivity index (χ0n) is 11.1. The molecule has 2 aliphatic rings. The van der Waals surface area contributed by atoms with Gasteiger partial charge >= 0.3 is 12.0 Å².